The van der Waals surface area contributed by atoms with Crippen LogP contribution in [0.5, 0.6) is 0 Å². The number of nitro groups is 2. The second-order valence-corrected chi connectivity index (χ2v) is 13.0. The number of rotatable bonds is 7. The number of fused-ring (bicyclic) bond motifs is 2. The van der Waals surface area contributed by atoms with Crippen LogP contribution < -0.4 is 0 Å². The highest BCUT2D eigenvalue weighted by Crippen LogP contribution is 2.45. The van der Waals surface area contributed by atoms with E-state index in [4.69, 9.17) is 5.10 Å². The van der Waals surface area contributed by atoms with E-state index >= 15 is 0 Å². The first-order chi connectivity index (χ1) is 24.8. The second-order valence-electron chi connectivity index (χ2n) is 13.0. The Balaban J connectivity index is 1.31. The Morgan fingerprint density at radius 3 is 2.15 bits per heavy atom. The molecule has 52 heavy (non-hydrogen) atoms. The van der Waals surface area contributed by atoms with Crippen molar-refractivity contribution in [2.75, 3.05) is 0 Å². The number of carbonyl (C=O) groups is 1. The first-order valence-corrected chi connectivity index (χ1v) is 16.5. The van der Waals surface area contributed by atoms with Crippen molar-refractivity contribution in [3.63, 3.8) is 0 Å². The Morgan fingerprint density at radius 2 is 1.56 bits per heavy atom. The molecule has 7 rings (SSSR count). The lowest BCUT2D eigenvalue weighted by molar-refractivity contribution is -0.385. The Morgan fingerprint density at radius 1 is 0.923 bits per heavy atom. The molecule has 2 atom stereocenters. The summed E-state index contributed by atoms with van der Waals surface area (Å²) < 4.78 is 44.0. The number of nitrogens with zero attached hydrogens (tertiary/aromatic N) is 7. The van der Waals surface area contributed by atoms with Crippen LogP contribution in [0.2, 0.25) is 0 Å². The molecule has 12 nitrogen and oxygen atoms in total. The van der Waals surface area contributed by atoms with Gasteiger partial charge in [-0.3, -0.25) is 25.0 Å². The van der Waals surface area contributed by atoms with Crippen LogP contribution in [0.4, 0.5) is 24.5 Å². The molecule has 2 aromatic heterocycles. The highest BCUT2D eigenvalue weighted by molar-refractivity contribution is 6.09. The average molecular weight is 710 g/mol. The molecule has 264 valence electrons. The van der Waals surface area contributed by atoms with Gasteiger partial charge in [0.2, 0.25) is 0 Å². The third-order valence-corrected chi connectivity index (χ3v) is 9.41. The van der Waals surface area contributed by atoms with Crippen LogP contribution in [0.15, 0.2) is 95.6 Å². The van der Waals surface area contributed by atoms with Gasteiger partial charge in [-0.05, 0) is 71.7 Å². The molecule has 1 amide bonds. The highest BCUT2D eigenvalue weighted by Gasteiger charge is 2.45. The third kappa shape index (κ3) is 6.40. The average Bonchev–Trinajstić information content (AvgIpc) is 3.74. The summed E-state index contributed by atoms with van der Waals surface area (Å²) in [6, 6.07) is 20.1. The monoisotopic (exact) mass is 709 g/mol. The number of aromatic nitrogens is 3. The number of hydrogen-bond donors (Lipinski definition) is 0. The van der Waals surface area contributed by atoms with E-state index in [2.05, 4.69) is 10.1 Å². The molecular weight excluding hydrogens is 679 g/mol. The molecule has 1 aliphatic carbocycles. The first-order valence-electron chi connectivity index (χ1n) is 16.5. The fourth-order valence-corrected chi connectivity index (χ4v) is 6.77. The SMILES string of the molecule is CC(C)c1ccc(-c2cc(C(F)(F)F)n3nc(C(=O)N4N=C5/C(=C/c6ccc([N+](=O)[O-])cc6)CCC[C@@H]5[C@H]4c4ccc([N+](=O)[O-])cc4)cc3n2)cc1. The summed E-state index contributed by atoms with van der Waals surface area (Å²) in [5.41, 5.74) is 2.30. The largest absolute Gasteiger partial charge is 0.433 e. The Labute approximate surface area is 294 Å². The topological polar surface area (TPSA) is 149 Å². The number of halogens is 3. The normalized spacial score (nSPS) is 18.2. The molecule has 3 heterocycles. The number of hydrogen-bond acceptors (Lipinski definition) is 8. The van der Waals surface area contributed by atoms with E-state index in [1.54, 1.807) is 36.4 Å². The van der Waals surface area contributed by atoms with Crippen molar-refractivity contribution in [3.8, 4) is 11.3 Å². The number of hydrazone groups is 1. The summed E-state index contributed by atoms with van der Waals surface area (Å²) in [4.78, 5) is 40.3. The second kappa shape index (κ2) is 13.1. The van der Waals surface area contributed by atoms with Crippen molar-refractivity contribution < 1.29 is 27.8 Å². The highest BCUT2D eigenvalue weighted by atomic mass is 19.4. The summed E-state index contributed by atoms with van der Waals surface area (Å²) in [5, 5.41) is 32.6. The van der Waals surface area contributed by atoms with Crippen LogP contribution in [0.1, 0.15) is 77.9 Å². The fourth-order valence-electron chi connectivity index (χ4n) is 6.77. The van der Waals surface area contributed by atoms with Crippen molar-refractivity contribution in [1.82, 2.24) is 19.6 Å². The van der Waals surface area contributed by atoms with Crippen LogP contribution >= 0.6 is 0 Å². The van der Waals surface area contributed by atoms with E-state index in [-0.39, 0.29) is 40.2 Å². The van der Waals surface area contributed by atoms with Crippen LogP contribution in [0.25, 0.3) is 23.0 Å². The summed E-state index contributed by atoms with van der Waals surface area (Å²) >= 11 is 0. The molecule has 0 bridgehead atoms. The smallest absolute Gasteiger partial charge is 0.265 e. The molecule has 1 aliphatic heterocycles. The van der Waals surface area contributed by atoms with Gasteiger partial charge in [0.15, 0.2) is 17.0 Å². The van der Waals surface area contributed by atoms with Gasteiger partial charge in [0.25, 0.3) is 17.3 Å². The van der Waals surface area contributed by atoms with Gasteiger partial charge in [0.05, 0.1) is 27.3 Å². The number of benzene rings is 3. The van der Waals surface area contributed by atoms with Gasteiger partial charge >= 0.3 is 6.18 Å². The van der Waals surface area contributed by atoms with Gasteiger partial charge in [0, 0.05) is 41.8 Å². The molecule has 2 aliphatic rings. The molecule has 0 N–H and O–H groups in total. The molecular formula is C37H30F3N7O5. The lowest BCUT2D eigenvalue weighted by atomic mass is 9.77. The van der Waals surface area contributed by atoms with E-state index in [0.717, 1.165) is 17.2 Å². The minimum Gasteiger partial charge on any atom is -0.265 e. The van der Waals surface area contributed by atoms with Crippen molar-refractivity contribution in [1.29, 1.82) is 0 Å². The maximum absolute atomic E-state index is 14.5. The van der Waals surface area contributed by atoms with Crippen molar-refractivity contribution in [2.24, 2.45) is 11.0 Å². The van der Waals surface area contributed by atoms with Crippen LogP contribution in [-0.4, -0.2) is 41.1 Å². The third-order valence-electron chi connectivity index (χ3n) is 9.41. The fraction of sp³-hybridized carbons (Fsp3) is 0.243. The van der Waals surface area contributed by atoms with E-state index in [1.807, 2.05) is 32.1 Å². The lowest BCUT2D eigenvalue weighted by Gasteiger charge is -2.29. The molecule has 0 unspecified atom stereocenters. The minimum absolute atomic E-state index is 0.0613. The van der Waals surface area contributed by atoms with Gasteiger partial charge in [-0.2, -0.15) is 23.4 Å². The molecule has 3 aromatic carbocycles. The van der Waals surface area contributed by atoms with Gasteiger partial charge in [-0.25, -0.2) is 14.5 Å². The van der Waals surface area contributed by atoms with E-state index < -0.39 is 33.7 Å². The lowest BCUT2D eigenvalue weighted by Crippen LogP contribution is -2.32. The molecule has 5 aromatic rings. The standard InChI is InChI=1S/C37H30F3N7O5/c1-21(2)23-8-10-24(11-9-23)30-19-32(37(38,39)40)44-33(41-30)20-31(42-44)36(48)45-35(25-12-16-28(17-13-25)47(51)52)29-5-3-4-26(34(29)43-45)18-22-6-14-27(15-7-22)46(49)50/h6-21,29,35H,3-5H2,1-2H3/b26-18+/t29-,35+/m0/s1. The number of alkyl halides is 3. The quantitative estimate of drug-likeness (QED) is 0.121. The zero-order valence-electron chi connectivity index (χ0n) is 27.8. The van der Waals surface area contributed by atoms with E-state index in [0.29, 0.717) is 46.2 Å². The summed E-state index contributed by atoms with van der Waals surface area (Å²) in [6.45, 7) is 4.02. The zero-order valence-corrected chi connectivity index (χ0v) is 27.8. The maximum atomic E-state index is 14.5. The van der Waals surface area contributed by atoms with Crippen LogP contribution in [-0.2, 0) is 6.18 Å². The molecule has 0 spiro atoms. The van der Waals surface area contributed by atoms with Crippen LogP contribution in [0, 0.1) is 26.1 Å². The summed E-state index contributed by atoms with van der Waals surface area (Å²) in [7, 11) is 0. The van der Waals surface area contributed by atoms with Crippen molar-refractivity contribution in [2.45, 2.75) is 51.2 Å². The summed E-state index contributed by atoms with van der Waals surface area (Å²) in [6.07, 6.45) is -1.08. The number of non-ortho nitro benzene ring substituents is 2. The van der Waals surface area contributed by atoms with Gasteiger partial charge < -0.3 is 0 Å². The number of allylic oxidation sites excluding steroid dienone is 1. The number of nitro benzene ring substituents is 2. The van der Waals surface area contributed by atoms with Gasteiger partial charge in [-0.15, -0.1) is 0 Å². The first kappa shape index (κ1) is 34.2. The Bertz CT molecular complexity index is 2280. The van der Waals surface area contributed by atoms with Gasteiger partial charge in [0.1, 0.15) is 0 Å². The Kier molecular flexibility index (Phi) is 8.64. The predicted molar refractivity (Wildman–Crippen MR) is 185 cm³/mol. The number of carbonyl (C=O) groups excluding carboxylic acids is 1. The van der Waals surface area contributed by atoms with Crippen LogP contribution in [0.3, 0.4) is 0 Å². The maximum Gasteiger partial charge on any atom is 0.433 e. The molecule has 1 saturated carbocycles. The molecule has 0 radical (unpaired) electrons. The molecule has 0 saturated heterocycles. The minimum atomic E-state index is -4.83. The molecule has 15 heteroatoms. The summed E-state index contributed by atoms with van der Waals surface area (Å²) in [5.74, 6) is -0.911. The molecule has 1 fully saturated rings. The number of amides is 1. The van der Waals surface area contributed by atoms with Crippen molar-refractivity contribution in [3.05, 3.63) is 139 Å². The van der Waals surface area contributed by atoms with Crippen molar-refractivity contribution >= 4 is 34.7 Å². The van der Waals surface area contributed by atoms with Gasteiger partial charge in [-0.1, -0.05) is 50.2 Å². The van der Waals surface area contributed by atoms with E-state index in [1.165, 1.54) is 35.3 Å². The Hall–Kier alpha value is -6.25. The zero-order chi connectivity index (χ0) is 36.9. The predicted octanol–water partition coefficient (Wildman–Crippen LogP) is 8.79. The van der Waals surface area contributed by atoms with E-state index in [9.17, 15) is 38.2 Å².